The predicted octanol–water partition coefficient (Wildman–Crippen LogP) is 16.2. The van der Waals surface area contributed by atoms with Crippen molar-refractivity contribution in [3.63, 3.8) is 0 Å². The minimum atomic E-state index is 0.624. The molecule has 2 aliphatic rings. The molecule has 0 fully saturated rings. The van der Waals surface area contributed by atoms with Crippen LogP contribution < -0.4 is 14.4 Å². The molecular weight excluding hydrogens is 809 g/mol. The summed E-state index contributed by atoms with van der Waals surface area (Å²) in [5.41, 5.74) is 14.2. The largest absolute Gasteiger partial charge is 0.453 e. The molecule has 0 atom stereocenters. The lowest BCUT2D eigenvalue weighted by molar-refractivity contribution is 0.446. The number of ether oxygens (including phenoxy) is 2. The first kappa shape index (κ1) is 36.5. The average Bonchev–Trinajstić information content (AvgIpc) is 3.72. The van der Waals surface area contributed by atoms with Crippen molar-refractivity contribution >= 4 is 60.5 Å². The van der Waals surface area contributed by atoms with E-state index >= 15 is 0 Å². The third-order valence-electron chi connectivity index (χ3n) is 13.2. The maximum atomic E-state index is 6.95. The molecule has 0 aliphatic carbocycles. The number of benzene rings is 10. The van der Waals surface area contributed by atoms with Crippen LogP contribution in [-0.4, -0.2) is 14.5 Å². The van der Waals surface area contributed by atoms with E-state index in [9.17, 15) is 0 Å². The number of nitrogens with zero attached hydrogens (tertiary/aromatic N) is 4. The fraction of sp³-hybridized carbons (Fsp3) is 0. The van der Waals surface area contributed by atoms with Gasteiger partial charge in [0.15, 0.2) is 23.0 Å². The molecule has 10 aromatic carbocycles. The van der Waals surface area contributed by atoms with E-state index < -0.39 is 0 Å². The maximum Gasteiger partial charge on any atom is 0.235 e. The molecule has 66 heavy (non-hydrogen) atoms. The van der Waals surface area contributed by atoms with Gasteiger partial charge in [0.1, 0.15) is 5.69 Å². The molecule has 4 heterocycles. The van der Waals surface area contributed by atoms with Crippen LogP contribution >= 0.6 is 0 Å². The molecular formula is C60H36N4O2. The molecule has 0 N–H and O–H groups in total. The van der Waals surface area contributed by atoms with Crippen LogP contribution in [0.15, 0.2) is 218 Å². The fourth-order valence-corrected chi connectivity index (χ4v) is 10.0. The van der Waals surface area contributed by atoms with Crippen LogP contribution in [-0.2, 0) is 0 Å². The number of para-hydroxylation sites is 1. The van der Waals surface area contributed by atoms with Gasteiger partial charge in [-0.05, 0) is 99.4 Å². The summed E-state index contributed by atoms with van der Waals surface area (Å²) in [6, 6.07) is 76.6. The summed E-state index contributed by atoms with van der Waals surface area (Å²) in [5.74, 6) is 3.64. The monoisotopic (exact) mass is 844 g/mol. The number of rotatable bonds is 5. The summed E-state index contributed by atoms with van der Waals surface area (Å²) in [6.45, 7) is 0. The molecule has 0 saturated carbocycles. The van der Waals surface area contributed by atoms with Gasteiger partial charge < -0.3 is 9.47 Å². The summed E-state index contributed by atoms with van der Waals surface area (Å²) in [5, 5.41) is 5.46. The molecule has 14 rings (SSSR count). The second-order valence-electron chi connectivity index (χ2n) is 17.0. The van der Waals surface area contributed by atoms with Crippen molar-refractivity contribution in [1.29, 1.82) is 0 Å². The standard InChI is InChI=1S/C60H36N4O2/c1-4-14-37(15-5-1)42-26-30-51-53(33-42)65-55-35-44(36-56-59(55)63(51)52-31-27-43(34-54(52)66-56)38-16-6-2-7-17-38)41-25-29-50-48(32-41)46-22-12-13-23-49(46)64(50)60-61-57(40-19-8-3-9-20-40)47-28-24-39-18-10-11-21-45(39)58(47)62-60/h1-36H. The van der Waals surface area contributed by atoms with Gasteiger partial charge in [-0.25, -0.2) is 9.97 Å². The molecule has 2 aliphatic heterocycles. The summed E-state index contributed by atoms with van der Waals surface area (Å²) in [4.78, 5) is 13.1. The van der Waals surface area contributed by atoms with Crippen LogP contribution in [0.5, 0.6) is 23.0 Å². The quantitative estimate of drug-likeness (QED) is 0.162. The summed E-state index contributed by atoms with van der Waals surface area (Å²) >= 11 is 0. The zero-order valence-electron chi connectivity index (χ0n) is 35.4. The molecule has 6 heteroatoms. The minimum Gasteiger partial charge on any atom is -0.453 e. The van der Waals surface area contributed by atoms with E-state index in [0.717, 1.165) is 128 Å². The second-order valence-corrected chi connectivity index (χ2v) is 17.0. The SMILES string of the molecule is c1ccc(-c2ccc3c(c2)Oc2cc(-c4ccc5c(c4)c4ccccc4n5-c4nc(-c5ccccc5)c5ccc6ccccc6c5n4)cc4c2N3c2ccc(-c3ccccc3)cc2O4)cc1. The van der Waals surface area contributed by atoms with Crippen molar-refractivity contribution < 1.29 is 9.47 Å². The maximum absolute atomic E-state index is 6.95. The lowest BCUT2D eigenvalue weighted by Crippen LogP contribution is -2.20. The third kappa shape index (κ3) is 5.62. The van der Waals surface area contributed by atoms with E-state index in [1.807, 2.05) is 18.2 Å². The second kappa shape index (κ2) is 14.3. The van der Waals surface area contributed by atoms with E-state index in [1.54, 1.807) is 0 Å². The Morgan fingerprint density at radius 3 is 1.53 bits per heavy atom. The van der Waals surface area contributed by atoms with Crippen LogP contribution in [0.3, 0.4) is 0 Å². The van der Waals surface area contributed by atoms with Crippen molar-refractivity contribution in [2.45, 2.75) is 0 Å². The fourth-order valence-electron chi connectivity index (χ4n) is 10.0. The first-order chi connectivity index (χ1) is 32.7. The van der Waals surface area contributed by atoms with Gasteiger partial charge in [-0.15, -0.1) is 0 Å². The van der Waals surface area contributed by atoms with Gasteiger partial charge in [-0.3, -0.25) is 9.47 Å². The van der Waals surface area contributed by atoms with Gasteiger partial charge in [-0.2, -0.15) is 0 Å². The normalized spacial score (nSPS) is 12.5. The van der Waals surface area contributed by atoms with Crippen molar-refractivity contribution in [2.75, 3.05) is 4.90 Å². The Balaban J connectivity index is 0.953. The van der Waals surface area contributed by atoms with E-state index in [0.29, 0.717) is 5.95 Å². The van der Waals surface area contributed by atoms with Crippen LogP contribution in [0.25, 0.3) is 94.1 Å². The van der Waals surface area contributed by atoms with Crippen molar-refractivity contribution in [3.05, 3.63) is 218 Å². The molecule has 0 amide bonds. The van der Waals surface area contributed by atoms with Crippen LogP contribution in [0.2, 0.25) is 0 Å². The van der Waals surface area contributed by atoms with Gasteiger partial charge in [0.05, 0.1) is 33.6 Å². The lowest BCUT2D eigenvalue weighted by atomic mass is 9.98. The highest BCUT2D eigenvalue weighted by Crippen LogP contribution is 2.61. The highest BCUT2D eigenvalue weighted by atomic mass is 16.5. The molecule has 0 unspecified atom stereocenters. The minimum absolute atomic E-state index is 0.624. The lowest BCUT2D eigenvalue weighted by Gasteiger charge is -2.38. The molecule has 2 aromatic heterocycles. The summed E-state index contributed by atoms with van der Waals surface area (Å²) in [7, 11) is 0. The van der Waals surface area contributed by atoms with Gasteiger partial charge in [0.25, 0.3) is 0 Å². The number of aromatic nitrogens is 3. The van der Waals surface area contributed by atoms with Crippen LogP contribution in [0.1, 0.15) is 0 Å². The number of anilines is 3. The topological polar surface area (TPSA) is 52.4 Å². The third-order valence-corrected chi connectivity index (χ3v) is 13.2. The van der Waals surface area contributed by atoms with Crippen molar-refractivity contribution in [3.8, 4) is 73.6 Å². The van der Waals surface area contributed by atoms with Crippen LogP contribution in [0.4, 0.5) is 17.1 Å². The van der Waals surface area contributed by atoms with Crippen molar-refractivity contribution in [2.24, 2.45) is 0 Å². The van der Waals surface area contributed by atoms with Crippen LogP contribution in [0, 0.1) is 0 Å². The van der Waals surface area contributed by atoms with E-state index in [4.69, 9.17) is 19.4 Å². The summed E-state index contributed by atoms with van der Waals surface area (Å²) < 4.78 is 16.1. The average molecular weight is 845 g/mol. The van der Waals surface area contributed by atoms with Gasteiger partial charge >= 0.3 is 0 Å². The molecule has 6 nitrogen and oxygen atoms in total. The molecule has 0 radical (unpaired) electrons. The zero-order chi connectivity index (χ0) is 43.3. The highest BCUT2D eigenvalue weighted by molar-refractivity contribution is 6.12. The molecule has 0 saturated heterocycles. The summed E-state index contributed by atoms with van der Waals surface area (Å²) in [6.07, 6.45) is 0. The number of fused-ring (bicyclic) bond motifs is 10. The highest BCUT2D eigenvalue weighted by Gasteiger charge is 2.36. The van der Waals surface area contributed by atoms with Gasteiger partial charge in [-0.1, -0.05) is 158 Å². The number of hydrogen-bond acceptors (Lipinski definition) is 5. The first-order valence-corrected chi connectivity index (χ1v) is 22.2. The zero-order valence-corrected chi connectivity index (χ0v) is 35.4. The Labute approximate surface area is 379 Å². The smallest absolute Gasteiger partial charge is 0.235 e. The van der Waals surface area contributed by atoms with Crippen molar-refractivity contribution in [1.82, 2.24) is 14.5 Å². The van der Waals surface area contributed by atoms with E-state index in [2.05, 4.69) is 210 Å². The Morgan fingerprint density at radius 1 is 0.333 bits per heavy atom. The Morgan fingerprint density at radius 2 is 0.864 bits per heavy atom. The predicted molar refractivity (Wildman–Crippen MR) is 268 cm³/mol. The van der Waals surface area contributed by atoms with Gasteiger partial charge in [0, 0.05) is 27.1 Å². The van der Waals surface area contributed by atoms with Gasteiger partial charge in [0.2, 0.25) is 5.95 Å². The molecule has 0 bridgehead atoms. The van der Waals surface area contributed by atoms with E-state index in [-0.39, 0.29) is 0 Å². The molecule has 12 aromatic rings. The Bertz CT molecular complexity index is 3830. The Kier molecular flexibility index (Phi) is 7.88. The number of hydrogen-bond donors (Lipinski definition) is 0. The first-order valence-electron chi connectivity index (χ1n) is 22.2. The molecule has 0 spiro atoms. The van der Waals surface area contributed by atoms with E-state index in [1.165, 1.54) is 0 Å². The molecule has 308 valence electrons. The Hall–Kier alpha value is -9.00.